The minimum atomic E-state index is -0.741. The van der Waals surface area contributed by atoms with Crippen LogP contribution in [0.15, 0.2) is 23.0 Å². The van der Waals surface area contributed by atoms with Gasteiger partial charge in [0.15, 0.2) is 0 Å². The van der Waals surface area contributed by atoms with Gasteiger partial charge in [-0.1, -0.05) is 29.3 Å². The fourth-order valence-corrected chi connectivity index (χ4v) is 2.55. The molecule has 0 aliphatic carbocycles. The molecule has 0 amide bonds. The lowest BCUT2D eigenvalue weighted by Gasteiger charge is -2.11. The van der Waals surface area contributed by atoms with E-state index in [-0.39, 0.29) is 17.2 Å². The molecule has 100 valence electrons. The van der Waals surface area contributed by atoms with E-state index >= 15 is 0 Å². The standard InChI is InChI=1S/C13H11Cl2NO3/c1-3-19-13(18)10-11(15)9-7(14)5-4-6-8(9)16(2)12(10)17/h4-6H,3H2,1-2H3. The van der Waals surface area contributed by atoms with Gasteiger partial charge in [-0.2, -0.15) is 0 Å². The smallest absolute Gasteiger partial charge is 0.345 e. The van der Waals surface area contributed by atoms with Gasteiger partial charge < -0.3 is 9.30 Å². The number of benzene rings is 1. The number of aryl methyl sites for hydroxylation is 1. The van der Waals surface area contributed by atoms with Gasteiger partial charge in [-0.05, 0) is 19.1 Å². The predicted octanol–water partition coefficient (Wildman–Crippen LogP) is 3.02. The van der Waals surface area contributed by atoms with Gasteiger partial charge >= 0.3 is 5.97 Å². The van der Waals surface area contributed by atoms with E-state index in [0.717, 1.165) is 0 Å². The van der Waals surface area contributed by atoms with E-state index in [1.807, 2.05) is 0 Å². The molecule has 0 saturated heterocycles. The second kappa shape index (κ2) is 5.23. The monoisotopic (exact) mass is 299 g/mol. The third-order valence-corrected chi connectivity index (χ3v) is 3.48. The van der Waals surface area contributed by atoms with Crippen molar-refractivity contribution < 1.29 is 9.53 Å². The average molecular weight is 300 g/mol. The summed E-state index contributed by atoms with van der Waals surface area (Å²) in [6, 6.07) is 5.07. The first-order chi connectivity index (χ1) is 8.99. The summed E-state index contributed by atoms with van der Waals surface area (Å²) < 4.78 is 6.19. The van der Waals surface area contributed by atoms with Crippen molar-refractivity contribution in [3.05, 3.63) is 44.2 Å². The van der Waals surface area contributed by atoms with Crippen LogP contribution in [0.4, 0.5) is 0 Å². The molecule has 0 aliphatic rings. The number of aromatic nitrogens is 1. The summed E-state index contributed by atoms with van der Waals surface area (Å²) >= 11 is 12.2. The number of hydrogen-bond acceptors (Lipinski definition) is 3. The Hall–Kier alpha value is -1.52. The molecule has 19 heavy (non-hydrogen) atoms. The van der Waals surface area contributed by atoms with Gasteiger partial charge in [0, 0.05) is 12.4 Å². The number of carbonyl (C=O) groups excluding carboxylic acids is 1. The molecule has 0 aliphatic heterocycles. The zero-order chi connectivity index (χ0) is 14.2. The van der Waals surface area contributed by atoms with Crippen LogP contribution >= 0.6 is 23.2 Å². The quantitative estimate of drug-likeness (QED) is 0.801. The molecule has 2 aromatic rings. The number of hydrogen-bond donors (Lipinski definition) is 0. The first-order valence-electron chi connectivity index (χ1n) is 5.62. The summed E-state index contributed by atoms with van der Waals surface area (Å²) in [5.74, 6) is -0.741. The number of pyridine rings is 1. The van der Waals surface area contributed by atoms with Gasteiger partial charge in [0.1, 0.15) is 5.56 Å². The molecule has 0 saturated carbocycles. The molecule has 1 aromatic carbocycles. The lowest BCUT2D eigenvalue weighted by molar-refractivity contribution is 0.0524. The Labute approximate surface area is 119 Å². The summed E-state index contributed by atoms with van der Waals surface area (Å²) in [7, 11) is 1.56. The number of esters is 1. The van der Waals surface area contributed by atoms with E-state index in [2.05, 4.69) is 0 Å². The molecule has 6 heteroatoms. The Bertz CT molecular complexity index is 722. The molecule has 4 nitrogen and oxygen atoms in total. The van der Waals surface area contributed by atoms with Crippen molar-refractivity contribution in [2.45, 2.75) is 6.92 Å². The van der Waals surface area contributed by atoms with Gasteiger partial charge in [-0.15, -0.1) is 0 Å². The number of rotatable bonds is 2. The van der Waals surface area contributed by atoms with E-state index in [9.17, 15) is 9.59 Å². The van der Waals surface area contributed by atoms with Crippen molar-refractivity contribution in [1.29, 1.82) is 0 Å². The zero-order valence-corrected chi connectivity index (χ0v) is 11.9. The SMILES string of the molecule is CCOC(=O)c1c(Cl)c2c(Cl)cccc2n(C)c1=O. The molecular weight excluding hydrogens is 289 g/mol. The van der Waals surface area contributed by atoms with E-state index in [0.29, 0.717) is 15.9 Å². The van der Waals surface area contributed by atoms with Crippen molar-refractivity contribution in [2.24, 2.45) is 7.05 Å². The second-order valence-corrected chi connectivity index (χ2v) is 4.69. The molecule has 1 aromatic heterocycles. The van der Waals surface area contributed by atoms with Gasteiger partial charge in [-0.25, -0.2) is 4.79 Å². The molecule has 2 rings (SSSR count). The van der Waals surface area contributed by atoms with Gasteiger partial charge in [0.2, 0.25) is 0 Å². The van der Waals surface area contributed by atoms with Crippen LogP contribution in [0.1, 0.15) is 17.3 Å². The average Bonchev–Trinajstić information content (AvgIpc) is 2.36. The van der Waals surface area contributed by atoms with E-state index in [1.54, 1.807) is 32.2 Å². The van der Waals surface area contributed by atoms with Crippen molar-refractivity contribution in [3.63, 3.8) is 0 Å². The fraction of sp³-hybridized carbons (Fsp3) is 0.231. The molecule has 0 fully saturated rings. The third kappa shape index (κ3) is 2.22. The Balaban J connectivity index is 2.91. The Morgan fingerprint density at radius 3 is 2.68 bits per heavy atom. The van der Waals surface area contributed by atoms with Crippen LogP contribution in [0.2, 0.25) is 10.0 Å². The highest BCUT2D eigenvalue weighted by atomic mass is 35.5. The predicted molar refractivity (Wildman–Crippen MR) is 75.2 cm³/mol. The molecule has 0 unspecified atom stereocenters. The summed E-state index contributed by atoms with van der Waals surface area (Å²) in [5, 5.41) is 0.877. The van der Waals surface area contributed by atoms with E-state index in [4.69, 9.17) is 27.9 Å². The van der Waals surface area contributed by atoms with Crippen molar-refractivity contribution in [2.75, 3.05) is 6.61 Å². The largest absolute Gasteiger partial charge is 0.462 e. The molecule has 0 atom stereocenters. The van der Waals surface area contributed by atoms with Crippen LogP contribution < -0.4 is 5.56 Å². The molecule has 0 N–H and O–H groups in total. The van der Waals surface area contributed by atoms with Gasteiger partial charge in [-0.3, -0.25) is 4.79 Å². The Morgan fingerprint density at radius 1 is 1.37 bits per heavy atom. The van der Waals surface area contributed by atoms with Crippen LogP contribution in [0.25, 0.3) is 10.9 Å². The van der Waals surface area contributed by atoms with Crippen LogP contribution in [0.3, 0.4) is 0 Å². The number of ether oxygens (including phenoxy) is 1. The Morgan fingerprint density at radius 2 is 2.05 bits per heavy atom. The first kappa shape index (κ1) is 13.9. The summed E-state index contributed by atoms with van der Waals surface area (Å²) in [4.78, 5) is 24.0. The van der Waals surface area contributed by atoms with Crippen LogP contribution in [0, 0.1) is 0 Å². The topological polar surface area (TPSA) is 48.3 Å². The lowest BCUT2D eigenvalue weighted by Crippen LogP contribution is -2.26. The number of nitrogens with zero attached hydrogens (tertiary/aromatic N) is 1. The molecular formula is C13H11Cl2NO3. The summed E-state index contributed by atoms with van der Waals surface area (Å²) in [6.07, 6.45) is 0. The van der Waals surface area contributed by atoms with E-state index in [1.165, 1.54) is 4.57 Å². The van der Waals surface area contributed by atoms with Crippen molar-refractivity contribution in [3.8, 4) is 0 Å². The normalized spacial score (nSPS) is 10.7. The van der Waals surface area contributed by atoms with Crippen molar-refractivity contribution in [1.82, 2.24) is 4.57 Å². The highest BCUT2D eigenvalue weighted by Crippen LogP contribution is 2.31. The maximum atomic E-state index is 12.2. The minimum Gasteiger partial charge on any atom is -0.462 e. The second-order valence-electron chi connectivity index (χ2n) is 3.91. The van der Waals surface area contributed by atoms with E-state index < -0.39 is 11.5 Å². The molecule has 0 bridgehead atoms. The zero-order valence-electron chi connectivity index (χ0n) is 10.4. The highest BCUT2D eigenvalue weighted by molar-refractivity contribution is 6.43. The molecule has 1 heterocycles. The summed E-state index contributed by atoms with van der Waals surface area (Å²) in [5.41, 5.74) is -0.125. The first-order valence-corrected chi connectivity index (χ1v) is 6.38. The number of fused-ring (bicyclic) bond motifs is 1. The van der Waals surface area contributed by atoms with Gasteiger partial charge in [0.25, 0.3) is 5.56 Å². The van der Waals surface area contributed by atoms with Crippen LogP contribution in [-0.4, -0.2) is 17.1 Å². The maximum Gasteiger partial charge on any atom is 0.345 e. The number of halogens is 2. The highest BCUT2D eigenvalue weighted by Gasteiger charge is 2.22. The lowest BCUT2D eigenvalue weighted by atomic mass is 10.1. The third-order valence-electron chi connectivity index (χ3n) is 2.79. The van der Waals surface area contributed by atoms with Crippen LogP contribution in [0.5, 0.6) is 0 Å². The Kier molecular flexibility index (Phi) is 3.83. The molecule has 0 spiro atoms. The minimum absolute atomic E-state index is 0.0298. The molecule has 0 radical (unpaired) electrons. The van der Waals surface area contributed by atoms with Crippen molar-refractivity contribution >= 4 is 40.1 Å². The summed E-state index contributed by atoms with van der Waals surface area (Å²) in [6.45, 7) is 1.82. The van der Waals surface area contributed by atoms with Gasteiger partial charge in [0.05, 0.1) is 22.2 Å². The number of carbonyl (C=O) groups is 1. The fourth-order valence-electron chi connectivity index (χ4n) is 1.89. The van der Waals surface area contributed by atoms with Crippen LogP contribution in [-0.2, 0) is 11.8 Å². The maximum absolute atomic E-state index is 12.2.